The molecule has 5 rings (SSSR count). The molecule has 3 aromatic rings. The first kappa shape index (κ1) is 28.0. The highest BCUT2D eigenvalue weighted by Gasteiger charge is 2.28. The molecule has 0 saturated carbocycles. The molecule has 2 aliphatic heterocycles. The second-order valence-corrected chi connectivity index (χ2v) is 11.3. The number of nitrogens with two attached hydrogens (primary N) is 4. The van der Waals surface area contributed by atoms with E-state index in [4.69, 9.17) is 27.9 Å². The first-order valence-corrected chi connectivity index (χ1v) is 13.9. The molecule has 13 nitrogen and oxygen atoms in total. The highest BCUT2D eigenvalue weighted by atomic mass is 79.9. The quantitative estimate of drug-likeness (QED) is 0.208. The van der Waals surface area contributed by atoms with Crippen molar-refractivity contribution in [1.29, 1.82) is 0 Å². The maximum atomic E-state index is 12.7. The van der Waals surface area contributed by atoms with Gasteiger partial charge in [0.1, 0.15) is 5.75 Å². The van der Waals surface area contributed by atoms with Crippen LogP contribution in [0.15, 0.2) is 46.9 Å². The molecule has 212 valence electrons. The summed E-state index contributed by atoms with van der Waals surface area (Å²) < 4.78 is 0.688. The molecule has 2 saturated heterocycles. The fourth-order valence-corrected chi connectivity index (χ4v) is 5.39. The molecule has 0 aliphatic carbocycles. The third-order valence-corrected chi connectivity index (χ3v) is 7.30. The number of aromatic nitrogens is 3. The lowest BCUT2D eigenvalue weighted by atomic mass is 10.0. The smallest absolute Gasteiger partial charge is 0.259 e. The van der Waals surface area contributed by atoms with Crippen molar-refractivity contribution in [2.75, 3.05) is 46.6 Å². The lowest BCUT2D eigenvalue weighted by Gasteiger charge is -2.37. The van der Waals surface area contributed by atoms with Crippen LogP contribution in [0.5, 0.6) is 5.75 Å². The number of amides is 1. The van der Waals surface area contributed by atoms with E-state index < -0.39 is 5.91 Å². The Hall–Kier alpha value is -3.56. The van der Waals surface area contributed by atoms with Crippen molar-refractivity contribution in [3.63, 3.8) is 0 Å². The molecule has 4 atom stereocenters. The molecule has 1 aromatic heterocycles. The molecular weight excluding hydrogens is 578 g/mol. The minimum absolute atomic E-state index is 0.0844. The molecule has 0 unspecified atom stereocenters. The molecule has 2 fully saturated rings. The number of hydrogen-bond donors (Lipinski definition) is 7. The summed E-state index contributed by atoms with van der Waals surface area (Å²) >= 11 is 3.32. The van der Waals surface area contributed by atoms with Crippen LogP contribution in [-0.4, -0.2) is 76.3 Å². The Morgan fingerprint density at radius 3 is 1.82 bits per heavy atom. The van der Waals surface area contributed by atoms with Crippen LogP contribution in [0.2, 0.25) is 0 Å². The monoisotopic (exact) mass is 611 g/mol. The highest BCUT2D eigenvalue weighted by Crippen LogP contribution is 2.26. The normalized spacial score (nSPS) is 23.1. The van der Waals surface area contributed by atoms with Crippen LogP contribution in [0.4, 0.5) is 29.2 Å². The first-order valence-electron chi connectivity index (χ1n) is 13.1. The fourth-order valence-electron chi connectivity index (χ4n) is 5.03. The number of nitrogens with zero attached hydrogens (tertiary/aromatic N) is 5. The molecule has 0 spiro atoms. The molecular formula is C26H34BrN11O2. The number of carbonyl (C=O) groups excluding carboxylic acids is 1. The van der Waals surface area contributed by atoms with Crippen LogP contribution in [0.25, 0.3) is 0 Å². The minimum atomic E-state index is -0.429. The summed E-state index contributed by atoms with van der Waals surface area (Å²) in [6.45, 7) is 2.32. The van der Waals surface area contributed by atoms with Crippen molar-refractivity contribution in [1.82, 2.24) is 15.0 Å². The summed E-state index contributed by atoms with van der Waals surface area (Å²) in [5.41, 5.74) is 26.4. The van der Waals surface area contributed by atoms with E-state index in [2.05, 4.69) is 36.5 Å². The zero-order chi connectivity index (χ0) is 28.4. The van der Waals surface area contributed by atoms with Gasteiger partial charge in [-0.25, -0.2) is 0 Å². The number of anilines is 5. The predicted octanol–water partition coefficient (Wildman–Crippen LogP) is 1.07. The SMILES string of the molecule is N[C@@H]1C[C@H](N)CN(c2nc(Nc3ccc(NC(=O)c4cc(Br)ccc4O)cc3)nc(N3C[C@H](N)C[C@H](N)C3)n2)C1. The van der Waals surface area contributed by atoms with Crippen molar-refractivity contribution in [2.24, 2.45) is 22.9 Å². The minimum Gasteiger partial charge on any atom is -0.507 e. The Labute approximate surface area is 240 Å². The fraction of sp³-hybridized carbons (Fsp3) is 0.385. The highest BCUT2D eigenvalue weighted by molar-refractivity contribution is 9.10. The lowest BCUT2D eigenvalue weighted by Crippen LogP contribution is -2.54. The van der Waals surface area contributed by atoms with E-state index in [1.54, 1.807) is 36.4 Å². The van der Waals surface area contributed by atoms with Gasteiger partial charge in [0.15, 0.2) is 0 Å². The summed E-state index contributed by atoms with van der Waals surface area (Å²) in [6.07, 6.45) is 1.47. The number of carbonyl (C=O) groups is 1. The first-order chi connectivity index (χ1) is 19.1. The van der Waals surface area contributed by atoms with Crippen LogP contribution in [0.3, 0.4) is 0 Å². The van der Waals surface area contributed by atoms with E-state index >= 15 is 0 Å². The number of hydrogen-bond acceptors (Lipinski definition) is 12. The molecule has 0 bridgehead atoms. The van der Waals surface area contributed by atoms with Crippen LogP contribution in [0, 0.1) is 0 Å². The molecule has 0 radical (unpaired) electrons. The zero-order valence-corrected chi connectivity index (χ0v) is 23.5. The van der Waals surface area contributed by atoms with E-state index in [0.717, 1.165) is 12.8 Å². The van der Waals surface area contributed by atoms with Gasteiger partial charge in [-0.05, 0) is 55.3 Å². The van der Waals surface area contributed by atoms with Crippen LogP contribution in [0.1, 0.15) is 23.2 Å². The Morgan fingerprint density at radius 1 is 0.800 bits per heavy atom. The van der Waals surface area contributed by atoms with E-state index in [9.17, 15) is 9.90 Å². The molecule has 11 N–H and O–H groups in total. The van der Waals surface area contributed by atoms with Gasteiger partial charge < -0.3 is 48.5 Å². The number of piperidine rings is 2. The van der Waals surface area contributed by atoms with Crippen molar-refractivity contribution < 1.29 is 9.90 Å². The molecule has 2 aliphatic rings. The van der Waals surface area contributed by atoms with Gasteiger partial charge in [0.25, 0.3) is 5.91 Å². The molecule has 1 amide bonds. The second-order valence-electron chi connectivity index (χ2n) is 10.4. The van der Waals surface area contributed by atoms with Crippen molar-refractivity contribution in [2.45, 2.75) is 37.0 Å². The van der Waals surface area contributed by atoms with E-state index in [-0.39, 0.29) is 35.5 Å². The van der Waals surface area contributed by atoms with E-state index in [1.165, 1.54) is 6.07 Å². The van der Waals surface area contributed by atoms with Gasteiger partial charge in [0, 0.05) is 66.2 Å². The summed E-state index contributed by atoms with van der Waals surface area (Å²) in [7, 11) is 0. The Kier molecular flexibility index (Phi) is 8.32. The Balaban J connectivity index is 1.36. The lowest BCUT2D eigenvalue weighted by molar-refractivity contribution is 0.102. The van der Waals surface area contributed by atoms with Gasteiger partial charge in [-0.3, -0.25) is 4.79 Å². The zero-order valence-electron chi connectivity index (χ0n) is 21.9. The molecule has 14 heteroatoms. The van der Waals surface area contributed by atoms with Gasteiger partial charge in [0.05, 0.1) is 5.56 Å². The largest absolute Gasteiger partial charge is 0.507 e. The number of nitrogens with one attached hydrogen (secondary N) is 2. The Bertz CT molecular complexity index is 1290. The van der Waals surface area contributed by atoms with Crippen LogP contribution in [-0.2, 0) is 0 Å². The van der Waals surface area contributed by atoms with Crippen molar-refractivity contribution >= 4 is 51.1 Å². The van der Waals surface area contributed by atoms with Crippen LogP contribution >= 0.6 is 15.9 Å². The maximum Gasteiger partial charge on any atom is 0.259 e. The van der Waals surface area contributed by atoms with Crippen LogP contribution < -0.4 is 43.4 Å². The number of aromatic hydroxyl groups is 1. The van der Waals surface area contributed by atoms with E-state index in [0.29, 0.717) is 59.9 Å². The summed E-state index contributed by atoms with van der Waals surface area (Å²) in [5.74, 6) is 0.761. The summed E-state index contributed by atoms with van der Waals surface area (Å²) in [6, 6.07) is 11.4. The average Bonchev–Trinajstić information content (AvgIpc) is 2.90. The standard InChI is InChI=1S/C26H34BrN11O2/c27-14-1-6-22(39)21(7-14)23(40)32-19-2-4-20(5-3-19)33-24-34-25(37-10-15(28)8-16(29)11-37)36-26(35-24)38-12-17(30)9-18(31)13-38/h1-7,15-18,39H,8-13,28-31H2,(H,32,40)(H,33,34,35,36)/t15-,16+,17-,18+. The molecule has 2 aromatic carbocycles. The maximum absolute atomic E-state index is 12.7. The third kappa shape index (κ3) is 6.77. The summed E-state index contributed by atoms with van der Waals surface area (Å²) in [5, 5.41) is 16.1. The number of phenols is 1. The summed E-state index contributed by atoms with van der Waals surface area (Å²) in [4.78, 5) is 30.7. The Morgan fingerprint density at radius 2 is 1.30 bits per heavy atom. The van der Waals surface area contributed by atoms with Crippen molar-refractivity contribution in [3.8, 4) is 5.75 Å². The van der Waals surface area contributed by atoms with Gasteiger partial charge in [0.2, 0.25) is 17.8 Å². The number of rotatable bonds is 6. The molecule has 40 heavy (non-hydrogen) atoms. The topological polar surface area (TPSA) is 211 Å². The van der Waals surface area contributed by atoms with Gasteiger partial charge >= 0.3 is 0 Å². The second kappa shape index (κ2) is 11.9. The number of halogens is 1. The van der Waals surface area contributed by atoms with E-state index in [1.807, 2.05) is 9.80 Å². The van der Waals surface area contributed by atoms with Gasteiger partial charge in [-0.1, -0.05) is 15.9 Å². The number of phenolic OH excluding ortho intramolecular Hbond substituents is 1. The van der Waals surface area contributed by atoms with Gasteiger partial charge in [-0.2, -0.15) is 15.0 Å². The third-order valence-electron chi connectivity index (χ3n) is 6.81. The van der Waals surface area contributed by atoms with Crippen molar-refractivity contribution in [3.05, 3.63) is 52.5 Å². The molecule has 3 heterocycles. The predicted molar refractivity (Wildman–Crippen MR) is 159 cm³/mol. The average molecular weight is 613 g/mol. The van der Waals surface area contributed by atoms with Gasteiger partial charge in [-0.15, -0.1) is 0 Å². The number of benzene rings is 2.